The molecule has 0 amide bonds. The molecule has 0 aliphatic heterocycles. The van der Waals surface area contributed by atoms with Gasteiger partial charge in [-0.25, -0.2) is 17.2 Å². The Labute approximate surface area is 255 Å². The van der Waals surface area contributed by atoms with Crippen molar-refractivity contribution in [2.24, 2.45) is 0 Å². The summed E-state index contributed by atoms with van der Waals surface area (Å²) >= 11 is 0. The predicted molar refractivity (Wildman–Crippen MR) is 161 cm³/mol. The topological polar surface area (TPSA) is 63.4 Å². The number of nitrogen functional groups attached to an aromatic ring is 1. The minimum absolute atomic E-state index is 0.184. The van der Waals surface area contributed by atoms with E-state index in [1.165, 1.54) is 12.1 Å². The molecule has 0 heterocycles. The Balaban J connectivity index is 1.45. The molecule has 0 radical (unpaired) electrons. The van der Waals surface area contributed by atoms with Crippen molar-refractivity contribution in [3.8, 4) is 0 Å². The molecule has 2 N–H and O–H groups in total. The summed E-state index contributed by atoms with van der Waals surface area (Å²) in [6.45, 7) is 1.34. The first kappa shape index (κ1) is 35.9. The fraction of sp³-hybridized carbons (Fsp3) is 0.562. The summed E-state index contributed by atoms with van der Waals surface area (Å²) in [5.41, 5.74) is 11.3. The van der Waals surface area contributed by atoms with Crippen LogP contribution in [0.25, 0.3) is 11.1 Å². The van der Waals surface area contributed by atoms with Crippen LogP contribution in [0.2, 0.25) is 0 Å². The summed E-state index contributed by atoms with van der Waals surface area (Å²) in [4.78, 5) is 2.04. The highest BCUT2D eigenvalue weighted by molar-refractivity contribution is 7.91. The van der Waals surface area contributed by atoms with Crippen molar-refractivity contribution >= 4 is 26.7 Å². The van der Waals surface area contributed by atoms with Gasteiger partial charge in [0.05, 0.1) is 11.5 Å². The quantitative estimate of drug-likeness (QED) is 0.113. The Morgan fingerprint density at radius 1 is 0.818 bits per heavy atom. The number of anilines is 1. The molecule has 12 heteroatoms. The van der Waals surface area contributed by atoms with Crippen LogP contribution in [0.4, 0.5) is 36.4 Å². The first-order chi connectivity index (χ1) is 20.6. The molecule has 2 aromatic carbocycles. The maximum atomic E-state index is 14.8. The van der Waals surface area contributed by atoms with E-state index >= 15 is 0 Å². The molecular formula is C32H41F7N2O2S. The van der Waals surface area contributed by atoms with E-state index in [9.17, 15) is 39.2 Å². The lowest BCUT2D eigenvalue weighted by Crippen LogP contribution is -2.38. The van der Waals surface area contributed by atoms with Crippen molar-refractivity contribution in [3.05, 3.63) is 64.7 Å². The summed E-state index contributed by atoms with van der Waals surface area (Å²) in [6, 6.07) is 9.53. The standard InChI is InChI=1S/C32H41F7N2O2S/c1-41(18-6-7-19-44(42,43)20-16-31(35,36)32(37,38)39)17-5-3-2-4-10-27-26-15-13-25(40)21-23(26)9-8-11-28(27)29-14-12-24(33)22-30(29)34/h12-15,21-22H,2-11,16-20,40H2,1H3. The minimum Gasteiger partial charge on any atom is -0.399 e. The highest BCUT2D eigenvalue weighted by Gasteiger charge is 2.57. The van der Waals surface area contributed by atoms with Gasteiger partial charge in [-0.15, -0.1) is 0 Å². The van der Waals surface area contributed by atoms with Crippen LogP contribution < -0.4 is 5.73 Å². The second kappa shape index (κ2) is 15.6. The van der Waals surface area contributed by atoms with Crippen molar-refractivity contribution in [2.45, 2.75) is 82.7 Å². The number of nitrogens with zero attached hydrogens (tertiary/aromatic N) is 1. The predicted octanol–water partition coefficient (Wildman–Crippen LogP) is 8.46. The number of halogens is 7. The fourth-order valence-electron chi connectivity index (χ4n) is 5.58. The van der Waals surface area contributed by atoms with Crippen LogP contribution >= 0.6 is 0 Å². The number of hydrogen-bond acceptors (Lipinski definition) is 4. The first-order valence-corrected chi connectivity index (χ1v) is 16.8. The number of benzene rings is 2. The molecule has 1 aliphatic rings. The third kappa shape index (κ3) is 10.5. The molecule has 0 atom stereocenters. The lowest BCUT2D eigenvalue weighted by Gasteiger charge is -2.19. The monoisotopic (exact) mass is 650 g/mol. The largest absolute Gasteiger partial charge is 0.453 e. The highest BCUT2D eigenvalue weighted by Crippen LogP contribution is 2.40. The van der Waals surface area contributed by atoms with Crippen LogP contribution in [0, 0.1) is 11.6 Å². The fourth-order valence-corrected chi connectivity index (χ4v) is 7.00. The summed E-state index contributed by atoms with van der Waals surface area (Å²) in [5, 5.41) is 0. The zero-order valence-corrected chi connectivity index (χ0v) is 25.8. The van der Waals surface area contributed by atoms with E-state index in [4.69, 9.17) is 5.73 Å². The molecule has 44 heavy (non-hydrogen) atoms. The average molecular weight is 651 g/mol. The zero-order valence-electron chi connectivity index (χ0n) is 25.0. The highest BCUT2D eigenvalue weighted by atomic mass is 32.2. The number of unbranched alkanes of at least 4 members (excludes halogenated alkanes) is 4. The Morgan fingerprint density at radius 3 is 2.16 bits per heavy atom. The summed E-state index contributed by atoms with van der Waals surface area (Å²) in [7, 11) is -2.11. The number of alkyl halides is 5. The number of aryl methyl sites for hydroxylation is 1. The third-order valence-electron chi connectivity index (χ3n) is 8.05. The van der Waals surface area contributed by atoms with Gasteiger partial charge in [0.1, 0.15) is 11.6 Å². The van der Waals surface area contributed by atoms with Gasteiger partial charge in [-0.1, -0.05) is 18.9 Å². The molecule has 0 bridgehead atoms. The van der Waals surface area contributed by atoms with E-state index in [1.807, 2.05) is 30.1 Å². The van der Waals surface area contributed by atoms with E-state index in [2.05, 4.69) is 0 Å². The smallest absolute Gasteiger partial charge is 0.399 e. The van der Waals surface area contributed by atoms with E-state index in [1.54, 1.807) is 0 Å². The van der Waals surface area contributed by atoms with Crippen LogP contribution in [0.5, 0.6) is 0 Å². The van der Waals surface area contributed by atoms with E-state index < -0.39 is 51.5 Å². The van der Waals surface area contributed by atoms with Crippen LogP contribution in [-0.4, -0.2) is 57.1 Å². The lowest BCUT2D eigenvalue weighted by atomic mass is 9.88. The van der Waals surface area contributed by atoms with E-state index in [-0.39, 0.29) is 6.42 Å². The van der Waals surface area contributed by atoms with Crippen LogP contribution in [-0.2, 0) is 16.3 Å². The minimum atomic E-state index is -5.76. The lowest BCUT2D eigenvalue weighted by molar-refractivity contribution is -0.282. The first-order valence-electron chi connectivity index (χ1n) is 15.0. The Bertz CT molecular complexity index is 1390. The number of fused-ring (bicyclic) bond motifs is 1. The van der Waals surface area contributed by atoms with Crippen molar-refractivity contribution in [1.82, 2.24) is 4.90 Å². The molecular weight excluding hydrogens is 609 g/mol. The van der Waals surface area contributed by atoms with Gasteiger partial charge in [-0.2, -0.15) is 22.0 Å². The Kier molecular flexibility index (Phi) is 12.7. The van der Waals surface area contributed by atoms with Gasteiger partial charge in [0.25, 0.3) is 0 Å². The second-order valence-corrected chi connectivity index (χ2v) is 13.9. The van der Waals surface area contributed by atoms with Crippen molar-refractivity contribution in [3.63, 3.8) is 0 Å². The molecule has 3 rings (SSSR count). The van der Waals surface area contributed by atoms with Crippen molar-refractivity contribution < 1.29 is 39.2 Å². The molecule has 1 aliphatic carbocycles. The van der Waals surface area contributed by atoms with Gasteiger partial charge in [-0.3, -0.25) is 0 Å². The molecule has 0 saturated heterocycles. The van der Waals surface area contributed by atoms with Crippen LogP contribution in [0.1, 0.15) is 80.9 Å². The van der Waals surface area contributed by atoms with Crippen LogP contribution in [0.3, 0.4) is 0 Å². The number of nitrogens with two attached hydrogens (primary N) is 1. The molecule has 246 valence electrons. The summed E-state index contributed by atoms with van der Waals surface area (Å²) in [6.07, 6.45) is -0.146. The Morgan fingerprint density at radius 2 is 1.48 bits per heavy atom. The molecule has 0 fully saturated rings. The molecule has 0 saturated carbocycles. The summed E-state index contributed by atoms with van der Waals surface area (Å²) in [5.74, 6) is -7.83. The van der Waals surface area contributed by atoms with Crippen molar-refractivity contribution in [2.75, 3.05) is 37.4 Å². The molecule has 0 unspecified atom stereocenters. The maximum Gasteiger partial charge on any atom is 0.453 e. The number of allylic oxidation sites excluding steroid dienone is 2. The van der Waals surface area contributed by atoms with Crippen LogP contribution in [0.15, 0.2) is 36.4 Å². The zero-order chi connectivity index (χ0) is 32.5. The third-order valence-corrected chi connectivity index (χ3v) is 9.79. The molecule has 2 aromatic rings. The Hall–Kier alpha value is -2.60. The van der Waals surface area contributed by atoms with Gasteiger partial charge >= 0.3 is 12.1 Å². The SMILES string of the molecule is CN(CCCCCCC1=C(c2ccc(F)cc2F)CCCc2cc(N)ccc21)CCCCS(=O)(=O)CCC(F)(F)C(F)(F)F. The molecule has 0 spiro atoms. The average Bonchev–Trinajstić information content (AvgIpc) is 3.10. The van der Waals surface area contributed by atoms with Gasteiger partial charge in [-0.05, 0) is 118 Å². The van der Waals surface area contributed by atoms with Gasteiger partial charge in [0.2, 0.25) is 0 Å². The number of rotatable bonds is 16. The number of sulfone groups is 1. The van der Waals surface area contributed by atoms with Gasteiger partial charge in [0.15, 0.2) is 9.84 Å². The summed E-state index contributed by atoms with van der Waals surface area (Å²) < 4.78 is 115. The van der Waals surface area contributed by atoms with Crippen molar-refractivity contribution in [1.29, 1.82) is 0 Å². The molecule has 0 aromatic heterocycles. The number of hydrogen-bond donors (Lipinski definition) is 1. The maximum absolute atomic E-state index is 14.8. The second-order valence-electron chi connectivity index (χ2n) is 11.6. The van der Waals surface area contributed by atoms with Gasteiger partial charge in [0, 0.05) is 23.7 Å². The van der Waals surface area contributed by atoms with E-state index in [0.29, 0.717) is 30.6 Å². The van der Waals surface area contributed by atoms with E-state index in [0.717, 1.165) is 79.8 Å². The molecule has 4 nitrogen and oxygen atoms in total. The normalized spacial score (nSPS) is 14.7. The van der Waals surface area contributed by atoms with Gasteiger partial charge < -0.3 is 10.6 Å².